The second-order valence-corrected chi connectivity index (χ2v) is 5.48. The second kappa shape index (κ2) is 5.99. The predicted octanol–water partition coefficient (Wildman–Crippen LogP) is 0.0453. The fourth-order valence-electron chi connectivity index (χ4n) is 2.99. The van der Waals surface area contributed by atoms with Gasteiger partial charge in [0.25, 0.3) is 0 Å². The molecule has 1 amide bonds. The van der Waals surface area contributed by atoms with E-state index in [1.807, 2.05) is 11.8 Å². The third-order valence-corrected chi connectivity index (χ3v) is 4.15. The van der Waals surface area contributed by atoms with E-state index < -0.39 is 0 Å². The Morgan fingerprint density at radius 2 is 2.00 bits per heavy atom. The summed E-state index contributed by atoms with van der Waals surface area (Å²) in [6.07, 6.45) is 1.98. The van der Waals surface area contributed by atoms with Crippen molar-refractivity contribution in [3.8, 4) is 0 Å². The molecule has 2 aliphatic rings. The topological polar surface area (TPSA) is 58.8 Å². The third kappa shape index (κ3) is 3.02. The molecule has 3 atom stereocenters. The van der Waals surface area contributed by atoms with E-state index in [1.54, 1.807) is 0 Å². The average molecular weight is 255 g/mol. The molecule has 0 aromatic heterocycles. The Balaban J connectivity index is 1.93. The number of nitrogens with zero attached hydrogens (tertiary/aromatic N) is 2. The van der Waals surface area contributed by atoms with Crippen LogP contribution < -0.4 is 5.73 Å². The van der Waals surface area contributed by atoms with Crippen LogP contribution in [0.2, 0.25) is 0 Å². The molecule has 2 aliphatic heterocycles. The number of piperidine rings is 1. The molecule has 0 bridgehead atoms. The number of rotatable bonds is 2. The van der Waals surface area contributed by atoms with E-state index >= 15 is 0 Å². The van der Waals surface area contributed by atoms with Gasteiger partial charge in [0.15, 0.2) is 0 Å². The molecule has 0 aromatic rings. The van der Waals surface area contributed by atoms with E-state index in [0.717, 1.165) is 32.5 Å². The molecule has 5 heteroatoms. The first-order valence-corrected chi connectivity index (χ1v) is 6.97. The maximum atomic E-state index is 12.4. The molecule has 2 N–H and O–H groups in total. The van der Waals surface area contributed by atoms with Gasteiger partial charge in [-0.25, -0.2) is 0 Å². The van der Waals surface area contributed by atoms with Gasteiger partial charge in [-0.1, -0.05) is 0 Å². The predicted molar refractivity (Wildman–Crippen MR) is 70.2 cm³/mol. The minimum atomic E-state index is -0.0365. The third-order valence-electron chi connectivity index (χ3n) is 4.15. The lowest BCUT2D eigenvalue weighted by Crippen LogP contribution is -2.56. The first kappa shape index (κ1) is 13.8. The molecule has 2 saturated heterocycles. The average Bonchev–Trinajstić information content (AvgIpc) is 2.38. The number of amides is 1. The molecule has 0 spiro atoms. The Bertz CT molecular complexity index is 292. The number of nitrogens with two attached hydrogens (primary N) is 1. The molecule has 18 heavy (non-hydrogen) atoms. The maximum Gasteiger partial charge on any atom is 0.239 e. The van der Waals surface area contributed by atoms with Crippen LogP contribution in [0.4, 0.5) is 0 Å². The Labute approximate surface area is 109 Å². The number of carbonyl (C=O) groups excluding carboxylic acids is 1. The van der Waals surface area contributed by atoms with Gasteiger partial charge in [-0.3, -0.25) is 9.69 Å². The van der Waals surface area contributed by atoms with Crippen molar-refractivity contribution < 1.29 is 9.53 Å². The van der Waals surface area contributed by atoms with Gasteiger partial charge >= 0.3 is 0 Å². The summed E-state index contributed by atoms with van der Waals surface area (Å²) in [4.78, 5) is 16.6. The molecule has 104 valence electrons. The van der Waals surface area contributed by atoms with Gasteiger partial charge in [0.05, 0.1) is 19.3 Å². The first-order chi connectivity index (χ1) is 8.59. The summed E-state index contributed by atoms with van der Waals surface area (Å²) >= 11 is 0. The highest BCUT2D eigenvalue weighted by Gasteiger charge is 2.32. The van der Waals surface area contributed by atoms with Crippen molar-refractivity contribution in [1.82, 2.24) is 9.80 Å². The van der Waals surface area contributed by atoms with Crippen molar-refractivity contribution in [3.05, 3.63) is 0 Å². The molecule has 0 saturated carbocycles. The molecule has 0 aromatic carbocycles. The van der Waals surface area contributed by atoms with Gasteiger partial charge in [0.2, 0.25) is 5.91 Å². The molecule has 2 heterocycles. The molecule has 0 radical (unpaired) electrons. The van der Waals surface area contributed by atoms with E-state index in [1.165, 1.54) is 0 Å². The van der Waals surface area contributed by atoms with Crippen LogP contribution >= 0.6 is 0 Å². The van der Waals surface area contributed by atoms with Crippen LogP contribution in [0.15, 0.2) is 0 Å². The van der Waals surface area contributed by atoms with E-state index in [9.17, 15) is 4.79 Å². The van der Waals surface area contributed by atoms with E-state index in [-0.39, 0.29) is 11.9 Å². The molecule has 5 nitrogen and oxygen atoms in total. The SMILES string of the molecule is CC1CC(N)CCN1C(C)C(=O)N1CCOCC1. The minimum Gasteiger partial charge on any atom is -0.378 e. The molecular weight excluding hydrogens is 230 g/mol. The normalized spacial score (nSPS) is 32.3. The van der Waals surface area contributed by atoms with Gasteiger partial charge in [0.1, 0.15) is 0 Å². The fraction of sp³-hybridized carbons (Fsp3) is 0.923. The van der Waals surface area contributed by atoms with E-state index in [0.29, 0.717) is 25.3 Å². The highest BCUT2D eigenvalue weighted by molar-refractivity contribution is 5.81. The summed E-state index contributed by atoms with van der Waals surface area (Å²) < 4.78 is 5.29. The van der Waals surface area contributed by atoms with Crippen LogP contribution in [-0.2, 0) is 9.53 Å². The monoisotopic (exact) mass is 255 g/mol. The number of carbonyl (C=O) groups is 1. The standard InChI is InChI=1S/C13H25N3O2/c1-10-9-12(14)3-4-16(10)11(2)13(17)15-5-7-18-8-6-15/h10-12H,3-9,14H2,1-2H3. The molecule has 0 aliphatic carbocycles. The Hall–Kier alpha value is -0.650. The molecule has 2 rings (SSSR count). The van der Waals surface area contributed by atoms with Crippen LogP contribution in [0.3, 0.4) is 0 Å². The number of likely N-dealkylation sites (tertiary alicyclic amines) is 1. The van der Waals surface area contributed by atoms with Gasteiger partial charge in [-0.05, 0) is 26.7 Å². The smallest absolute Gasteiger partial charge is 0.239 e. The van der Waals surface area contributed by atoms with Crippen molar-refractivity contribution in [2.75, 3.05) is 32.8 Å². The molecule has 3 unspecified atom stereocenters. The second-order valence-electron chi connectivity index (χ2n) is 5.48. The van der Waals surface area contributed by atoms with Crippen LogP contribution in [0.5, 0.6) is 0 Å². The number of hydrogen-bond acceptors (Lipinski definition) is 4. The van der Waals surface area contributed by atoms with Crippen molar-refractivity contribution in [1.29, 1.82) is 0 Å². The van der Waals surface area contributed by atoms with Crippen molar-refractivity contribution in [2.24, 2.45) is 5.73 Å². The Morgan fingerprint density at radius 3 is 2.61 bits per heavy atom. The van der Waals surface area contributed by atoms with Crippen molar-refractivity contribution >= 4 is 5.91 Å². The van der Waals surface area contributed by atoms with E-state index in [4.69, 9.17) is 10.5 Å². The summed E-state index contributed by atoms with van der Waals surface area (Å²) in [5, 5.41) is 0. The van der Waals surface area contributed by atoms with Crippen LogP contribution in [0.1, 0.15) is 26.7 Å². The highest BCUT2D eigenvalue weighted by atomic mass is 16.5. The number of morpholine rings is 1. The lowest BCUT2D eigenvalue weighted by molar-refractivity contribution is -0.142. The summed E-state index contributed by atoms with van der Waals surface area (Å²) in [7, 11) is 0. The summed E-state index contributed by atoms with van der Waals surface area (Å²) in [6, 6.07) is 0.654. The zero-order valence-corrected chi connectivity index (χ0v) is 11.5. The largest absolute Gasteiger partial charge is 0.378 e. The quantitative estimate of drug-likeness (QED) is 0.757. The van der Waals surface area contributed by atoms with Crippen LogP contribution in [0.25, 0.3) is 0 Å². The number of ether oxygens (including phenoxy) is 1. The van der Waals surface area contributed by atoms with Crippen molar-refractivity contribution in [2.45, 2.75) is 44.8 Å². The minimum absolute atomic E-state index is 0.0365. The number of hydrogen-bond donors (Lipinski definition) is 1. The summed E-state index contributed by atoms with van der Waals surface area (Å²) in [5.41, 5.74) is 5.97. The van der Waals surface area contributed by atoms with E-state index in [2.05, 4.69) is 11.8 Å². The zero-order valence-electron chi connectivity index (χ0n) is 11.5. The van der Waals surface area contributed by atoms with Crippen LogP contribution in [0, 0.1) is 0 Å². The van der Waals surface area contributed by atoms with Crippen LogP contribution in [-0.4, -0.2) is 66.7 Å². The maximum absolute atomic E-state index is 12.4. The summed E-state index contributed by atoms with van der Waals surface area (Å²) in [6.45, 7) is 7.90. The van der Waals surface area contributed by atoms with Gasteiger partial charge in [0, 0.05) is 31.7 Å². The zero-order chi connectivity index (χ0) is 13.1. The first-order valence-electron chi connectivity index (χ1n) is 6.97. The highest BCUT2D eigenvalue weighted by Crippen LogP contribution is 2.19. The molecule has 2 fully saturated rings. The van der Waals surface area contributed by atoms with Crippen molar-refractivity contribution in [3.63, 3.8) is 0 Å². The molecular formula is C13H25N3O2. The Morgan fingerprint density at radius 1 is 1.33 bits per heavy atom. The van der Waals surface area contributed by atoms with Gasteiger partial charge in [-0.15, -0.1) is 0 Å². The Kier molecular flexibility index (Phi) is 4.59. The fourth-order valence-corrected chi connectivity index (χ4v) is 2.99. The lowest BCUT2D eigenvalue weighted by Gasteiger charge is -2.41. The van der Waals surface area contributed by atoms with Gasteiger partial charge < -0.3 is 15.4 Å². The lowest BCUT2D eigenvalue weighted by atomic mass is 9.97. The van der Waals surface area contributed by atoms with Gasteiger partial charge in [-0.2, -0.15) is 0 Å². The summed E-state index contributed by atoms with van der Waals surface area (Å²) in [5.74, 6) is 0.237.